The molecular formula is C19H26O2. The molecule has 1 saturated carbocycles. The number of carbonyl (C=O) groups excluding carboxylic acids is 1. The maximum atomic E-state index is 11.4. The quantitative estimate of drug-likeness (QED) is 0.746. The Bertz CT molecular complexity index is 486. The molecule has 3 rings (SSSR count). The molecule has 0 heterocycles. The fourth-order valence-electron chi connectivity index (χ4n) is 3.71. The largest absolute Gasteiger partial charge is 0.494 e. The van der Waals surface area contributed by atoms with E-state index < -0.39 is 0 Å². The summed E-state index contributed by atoms with van der Waals surface area (Å²) >= 11 is 0. The molecule has 0 saturated heterocycles. The number of Topliss-reactive ketones (excluding diaryl/α,β-unsaturated/α-hetero) is 1. The topological polar surface area (TPSA) is 26.3 Å². The molecule has 0 radical (unpaired) electrons. The minimum atomic E-state index is 0.364. The second-order valence-electron chi connectivity index (χ2n) is 6.64. The summed E-state index contributed by atoms with van der Waals surface area (Å²) in [5.41, 5.74) is 2.50. The highest BCUT2D eigenvalue weighted by Gasteiger charge is 2.16. The van der Waals surface area contributed by atoms with Crippen molar-refractivity contribution >= 4 is 5.78 Å². The highest BCUT2D eigenvalue weighted by atomic mass is 16.5. The van der Waals surface area contributed by atoms with Crippen molar-refractivity contribution in [1.29, 1.82) is 0 Å². The van der Waals surface area contributed by atoms with Gasteiger partial charge in [0.15, 0.2) is 0 Å². The second kappa shape index (κ2) is 7.11. The van der Waals surface area contributed by atoms with Gasteiger partial charge in [-0.3, -0.25) is 4.79 Å². The number of ether oxygens (including phenoxy) is 1. The van der Waals surface area contributed by atoms with Crippen molar-refractivity contribution in [3.05, 3.63) is 29.3 Å². The zero-order valence-corrected chi connectivity index (χ0v) is 12.9. The van der Waals surface area contributed by atoms with Crippen LogP contribution in [0.25, 0.3) is 0 Å². The Balaban J connectivity index is 1.44. The van der Waals surface area contributed by atoms with Gasteiger partial charge in [-0.15, -0.1) is 0 Å². The van der Waals surface area contributed by atoms with Crippen LogP contribution in [0.4, 0.5) is 0 Å². The smallest absolute Gasteiger partial charge is 0.137 e. The Morgan fingerprint density at radius 2 is 1.90 bits per heavy atom. The van der Waals surface area contributed by atoms with Gasteiger partial charge in [0.05, 0.1) is 6.61 Å². The Morgan fingerprint density at radius 1 is 1.05 bits per heavy atom. The van der Waals surface area contributed by atoms with E-state index in [0.29, 0.717) is 18.6 Å². The summed E-state index contributed by atoms with van der Waals surface area (Å²) in [5.74, 6) is 2.28. The normalized spacial score (nSPS) is 19.3. The predicted octanol–water partition coefficient (Wildman–Crippen LogP) is 4.48. The standard InChI is InChI=1S/C19H26O2/c20-18-10-8-17-14-19(11-9-16(17)13-18)21-12-4-7-15-5-2-1-3-6-15/h9,11,14-15H,1-8,10,12-13H2. The number of ketones is 1. The molecule has 0 atom stereocenters. The molecule has 1 aromatic carbocycles. The Kier molecular flexibility index (Phi) is 4.95. The molecular weight excluding hydrogens is 260 g/mol. The minimum absolute atomic E-state index is 0.364. The van der Waals surface area contributed by atoms with Crippen molar-refractivity contribution in [1.82, 2.24) is 0 Å². The third-order valence-corrected chi connectivity index (χ3v) is 4.99. The van der Waals surface area contributed by atoms with E-state index in [1.165, 1.54) is 56.1 Å². The van der Waals surface area contributed by atoms with Crippen molar-refractivity contribution in [2.45, 2.75) is 64.2 Å². The van der Waals surface area contributed by atoms with Crippen LogP contribution in [0.15, 0.2) is 18.2 Å². The highest BCUT2D eigenvalue weighted by Crippen LogP contribution is 2.28. The van der Waals surface area contributed by atoms with Crippen molar-refractivity contribution in [3.63, 3.8) is 0 Å². The van der Waals surface area contributed by atoms with Gasteiger partial charge in [0.1, 0.15) is 11.5 Å². The third-order valence-electron chi connectivity index (χ3n) is 4.99. The summed E-state index contributed by atoms with van der Waals surface area (Å²) in [6.45, 7) is 0.828. The first kappa shape index (κ1) is 14.6. The van der Waals surface area contributed by atoms with E-state index in [-0.39, 0.29) is 0 Å². The number of hydrogen-bond donors (Lipinski definition) is 0. The number of hydrogen-bond acceptors (Lipinski definition) is 2. The maximum absolute atomic E-state index is 11.4. The first-order valence-electron chi connectivity index (χ1n) is 8.57. The lowest BCUT2D eigenvalue weighted by atomic mass is 9.86. The average Bonchev–Trinajstić information content (AvgIpc) is 2.52. The summed E-state index contributed by atoms with van der Waals surface area (Å²) < 4.78 is 5.91. The Labute approximate surface area is 127 Å². The molecule has 2 heteroatoms. The number of benzene rings is 1. The molecule has 2 aliphatic carbocycles. The van der Waals surface area contributed by atoms with E-state index in [2.05, 4.69) is 12.1 Å². The Morgan fingerprint density at radius 3 is 2.76 bits per heavy atom. The van der Waals surface area contributed by atoms with E-state index >= 15 is 0 Å². The zero-order chi connectivity index (χ0) is 14.5. The van der Waals surface area contributed by atoms with Gasteiger partial charge in [0.2, 0.25) is 0 Å². The van der Waals surface area contributed by atoms with E-state index in [1.807, 2.05) is 6.07 Å². The SMILES string of the molecule is O=C1CCc2cc(OCCCC3CCCCC3)ccc2C1. The van der Waals surface area contributed by atoms with Crippen molar-refractivity contribution in [3.8, 4) is 5.75 Å². The van der Waals surface area contributed by atoms with Gasteiger partial charge in [0, 0.05) is 12.8 Å². The molecule has 0 bridgehead atoms. The molecule has 0 spiro atoms. The molecule has 1 aromatic rings. The van der Waals surface area contributed by atoms with Crippen LogP contribution in [0.1, 0.15) is 62.5 Å². The molecule has 0 amide bonds. The van der Waals surface area contributed by atoms with Crippen LogP contribution in [0.3, 0.4) is 0 Å². The zero-order valence-electron chi connectivity index (χ0n) is 12.9. The molecule has 1 fully saturated rings. The van der Waals surface area contributed by atoms with E-state index in [4.69, 9.17) is 4.74 Å². The molecule has 0 unspecified atom stereocenters. The van der Waals surface area contributed by atoms with Gasteiger partial charge in [-0.25, -0.2) is 0 Å². The van der Waals surface area contributed by atoms with Gasteiger partial charge in [-0.05, 0) is 48.4 Å². The third kappa shape index (κ3) is 4.09. The van der Waals surface area contributed by atoms with E-state index in [0.717, 1.165) is 24.7 Å². The lowest BCUT2D eigenvalue weighted by Crippen LogP contribution is -2.13. The molecule has 2 nitrogen and oxygen atoms in total. The highest BCUT2D eigenvalue weighted by molar-refractivity contribution is 5.83. The van der Waals surface area contributed by atoms with Gasteiger partial charge < -0.3 is 4.74 Å². The fraction of sp³-hybridized carbons (Fsp3) is 0.632. The predicted molar refractivity (Wildman–Crippen MR) is 84.8 cm³/mol. The molecule has 0 N–H and O–H groups in total. The second-order valence-corrected chi connectivity index (χ2v) is 6.64. The van der Waals surface area contributed by atoms with Crippen LogP contribution in [0.5, 0.6) is 5.75 Å². The number of aryl methyl sites for hydroxylation is 1. The lowest BCUT2D eigenvalue weighted by molar-refractivity contribution is -0.118. The fourth-order valence-corrected chi connectivity index (χ4v) is 3.71. The average molecular weight is 286 g/mol. The molecule has 0 aromatic heterocycles. The molecule has 21 heavy (non-hydrogen) atoms. The van der Waals surface area contributed by atoms with Crippen molar-refractivity contribution in [2.24, 2.45) is 5.92 Å². The summed E-state index contributed by atoms with van der Waals surface area (Å²) in [7, 11) is 0. The minimum Gasteiger partial charge on any atom is -0.494 e. The number of fused-ring (bicyclic) bond motifs is 1. The molecule has 114 valence electrons. The van der Waals surface area contributed by atoms with Crippen LogP contribution >= 0.6 is 0 Å². The van der Waals surface area contributed by atoms with Gasteiger partial charge in [-0.1, -0.05) is 38.2 Å². The van der Waals surface area contributed by atoms with Crippen LogP contribution in [0.2, 0.25) is 0 Å². The lowest BCUT2D eigenvalue weighted by Gasteiger charge is -2.21. The summed E-state index contributed by atoms with van der Waals surface area (Å²) in [6.07, 6.45) is 11.8. The summed E-state index contributed by atoms with van der Waals surface area (Å²) in [4.78, 5) is 11.4. The molecule has 0 aliphatic heterocycles. The monoisotopic (exact) mass is 286 g/mol. The first-order chi connectivity index (χ1) is 10.3. The number of rotatable bonds is 5. The number of carbonyl (C=O) groups is 1. The Hall–Kier alpha value is -1.31. The maximum Gasteiger partial charge on any atom is 0.137 e. The van der Waals surface area contributed by atoms with Gasteiger partial charge in [0.25, 0.3) is 0 Å². The van der Waals surface area contributed by atoms with Crippen molar-refractivity contribution < 1.29 is 9.53 Å². The summed E-state index contributed by atoms with van der Waals surface area (Å²) in [5, 5.41) is 0. The van der Waals surface area contributed by atoms with Gasteiger partial charge in [-0.2, -0.15) is 0 Å². The molecule has 2 aliphatic rings. The van der Waals surface area contributed by atoms with Crippen molar-refractivity contribution in [2.75, 3.05) is 6.61 Å². The summed E-state index contributed by atoms with van der Waals surface area (Å²) in [6, 6.07) is 6.24. The first-order valence-corrected chi connectivity index (χ1v) is 8.57. The van der Waals surface area contributed by atoms with Crippen LogP contribution in [-0.2, 0) is 17.6 Å². The van der Waals surface area contributed by atoms with E-state index in [9.17, 15) is 4.79 Å². The van der Waals surface area contributed by atoms with E-state index in [1.54, 1.807) is 0 Å². The van der Waals surface area contributed by atoms with Crippen LogP contribution < -0.4 is 4.74 Å². The van der Waals surface area contributed by atoms with Gasteiger partial charge >= 0.3 is 0 Å². The van der Waals surface area contributed by atoms with Crippen LogP contribution in [-0.4, -0.2) is 12.4 Å². The van der Waals surface area contributed by atoms with Crippen LogP contribution in [0, 0.1) is 5.92 Å².